The number of benzene rings is 1. The summed E-state index contributed by atoms with van der Waals surface area (Å²) in [7, 11) is -3.51. The van der Waals surface area contributed by atoms with Gasteiger partial charge in [-0.3, -0.25) is 4.68 Å². The maximum Gasteiger partial charge on any atom is 0.246 e. The molecule has 0 aliphatic carbocycles. The Hall–Kier alpha value is -1.86. The van der Waals surface area contributed by atoms with Crippen LogP contribution in [-0.2, 0) is 10.0 Å². The number of rotatable bonds is 5. The van der Waals surface area contributed by atoms with Crippen LogP contribution in [0.1, 0.15) is 26.3 Å². The normalized spacial score (nSPS) is 19.3. The van der Waals surface area contributed by atoms with Crippen molar-refractivity contribution >= 4 is 10.0 Å². The van der Waals surface area contributed by atoms with E-state index in [2.05, 4.69) is 5.10 Å². The Kier molecular flexibility index (Phi) is 4.41. The maximum absolute atomic E-state index is 12.7. The second kappa shape index (κ2) is 6.33. The van der Waals surface area contributed by atoms with Crippen molar-refractivity contribution in [3.8, 4) is 5.75 Å². The van der Waals surface area contributed by atoms with Gasteiger partial charge in [-0.15, -0.1) is 0 Å². The molecule has 0 amide bonds. The van der Waals surface area contributed by atoms with Crippen LogP contribution >= 0.6 is 0 Å². The molecule has 2 heterocycles. The minimum absolute atomic E-state index is 0.118. The zero-order valence-corrected chi connectivity index (χ0v) is 14.1. The Morgan fingerprint density at radius 1 is 1.26 bits per heavy atom. The number of sulfonamides is 1. The van der Waals surface area contributed by atoms with Crippen LogP contribution in [0.25, 0.3) is 0 Å². The van der Waals surface area contributed by atoms with E-state index in [4.69, 9.17) is 4.74 Å². The van der Waals surface area contributed by atoms with Gasteiger partial charge in [0, 0.05) is 18.8 Å². The van der Waals surface area contributed by atoms with Crippen molar-refractivity contribution in [3.05, 3.63) is 42.7 Å². The third-order valence-electron chi connectivity index (χ3n) is 3.90. The topological polar surface area (TPSA) is 64.4 Å². The Morgan fingerprint density at radius 3 is 2.65 bits per heavy atom. The molecular weight excluding hydrogens is 314 g/mol. The third-order valence-corrected chi connectivity index (χ3v) is 5.72. The molecule has 124 valence electrons. The molecule has 1 aromatic heterocycles. The van der Waals surface area contributed by atoms with E-state index in [0.29, 0.717) is 19.5 Å². The summed E-state index contributed by atoms with van der Waals surface area (Å²) >= 11 is 0. The van der Waals surface area contributed by atoms with E-state index in [1.807, 2.05) is 44.2 Å². The number of nitrogens with zero attached hydrogens (tertiary/aromatic N) is 3. The van der Waals surface area contributed by atoms with Gasteiger partial charge in [-0.2, -0.15) is 9.40 Å². The van der Waals surface area contributed by atoms with Crippen LogP contribution < -0.4 is 4.74 Å². The number of aromatic nitrogens is 2. The molecule has 23 heavy (non-hydrogen) atoms. The summed E-state index contributed by atoms with van der Waals surface area (Å²) in [6.07, 6.45) is 3.57. The van der Waals surface area contributed by atoms with Crippen LogP contribution in [0.15, 0.2) is 47.6 Å². The average molecular weight is 335 g/mol. The second-order valence-corrected chi connectivity index (χ2v) is 7.89. The minimum Gasteiger partial charge on any atom is -0.489 e. The van der Waals surface area contributed by atoms with E-state index in [9.17, 15) is 8.42 Å². The van der Waals surface area contributed by atoms with E-state index in [1.54, 1.807) is 10.9 Å². The molecule has 6 nitrogen and oxygen atoms in total. The molecule has 0 radical (unpaired) electrons. The van der Waals surface area contributed by atoms with Gasteiger partial charge in [-0.1, -0.05) is 18.2 Å². The van der Waals surface area contributed by atoms with Crippen LogP contribution in [0.3, 0.4) is 0 Å². The predicted octanol–water partition coefficient (Wildman–Crippen LogP) is 2.31. The monoisotopic (exact) mass is 335 g/mol. The van der Waals surface area contributed by atoms with E-state index < -0.39 is 10.0 Å². The highest BCUT2D eigenvalue weighted by Gasteiger charge is 2.34. The Morgan fingerprint density at radius 2 is 2.00 bits per heavy atom. The van der Waals surface area contributed by atoms with Crippen LogP contribution in [0.2, 0.25) is 0 Å². The first-order chi connectivity index (χ1) is 11.0. The van der Waals surface area contributed by atoms with Crippen molar-refractivity contribution in [2.75, 3.05) is 13.1 Å². The highest BCUT2D eigenvalue weighted by Crippen LogP contribution is 2.24. The van der Waals surface area contributed by atoms with Crippen molar-refractivity contribution in [2.45, 2.75) is 37.3 Å². The molecule has 3 rings (SSSR count). The molecule has 1 aromatic carbocycles. The fourth-order valence-corrected chi connectivity index (χ4v) is 4.02. The van der Waals surface area contributed by atoms with Crippen LogP contribution in [0, 0.1) is 0 Å². The van der Waals surface area contributed by atoms with Crippen LogP contribution in [0.5, 0.6) is 5.75 Å². The van der Waals surface area contributed by atoms with Crippen molar-refractivity contribution in [1.82, 2.24) is 14.1 Å². The molecule has 0 spiro atoms. The summed E-state index contributed by atoms with van der Waals surface area (Å²) in [5.74, 6) is 0.768. The summed E-state index contributed by atoms with van der Waals surface area (Å²) in [4.78, 5) is 0.242. The van der Waals surface area contributed by atoms with E-state index in [0.717, 1.165) is 5.75 Å². The van der Waals surface area contributed by atoms with Gasteiger partial charge < -0.3 is 4.74 Å². The summed E-state index contributed by atoms with van der Waals surface area (Å²) in [6.45, 7) is 4.75. The lowest BCUT2D eigenvalue weighted by molar-refractivity contribution is 0.215. The Labute approximate surface area is 136 Å². The fourth-order valence-electron chi connectivity index (χ4n) is 2.59. The molecule has 1 atom stereocenters. The Bertz CT molecular complexity index is 756. The van der Waals surface area contributed by atoms with Gasteiger partial charge in [0.15, 0.2) is 0 Å². The third kappa shape index (κ3) is 3.40. The molecule has 1 aliphatic rings. The zero-order valence-electron chi connectivity index (χ0n) is 13.3. The largest absolute Gasteiger partial charge is 0.489 e. The molecule has 0 saturated carbocycles. The fraction of sp³-hybridized carbons (Fsp3) is 0.438. The van der Waals surface area contributed by atoms with Crippen molar-refractivity contribution < 1.29 is 13.2 Å². The maximum atomic E-state index is 12.7. The highest BCUT2D eigenvalue weighted by atomic mass is 32.2. The first-order valence-electron chi connectivity index (χ1n) is 7.73. The summed E-state index contributed by atoms with van der Waals surface area (Å²) < 4.78 is 34.4. The summed E-state index contributed by atoms with van der Waals surface area (Å²) in [6, 6.07) is 9.61. The molecular formula is C16H21N3O3S. The van der Waals surface area contributed by atoms with Crippen LogP contribution in [0.4, 0.5) is 0 Å². The van der Waals surface area contributed by atoms with Gasteiger partial charge in [0.25, 0.3) is 0 Å². The minimum atomic E-state index is -3.51. The average Bonchev–Trinajstić information content (AvgIpc) is 3.18. The lowest BCUT2D eigenvalue weighted by Gasteiger charge is -2.16. The number of hydrogen-bond acceptors (Lipinski definition) is 4. The number of para-hydroxylation sites is 1. The molecule has 7 heteroatoms. The molecule has 1 fully saturated rings. The molecule has 0 bridgehead atoms. The van der Waals surface area contributed by atoms with Crippen molar-refractivity contribution in [3.63, 3.8) is 0 Å². The first kappa shape index (κ1) is 16.0. The number of hydrogen-bond donors (Lipinski definition) is 0. The van der Waals surface area contributed by atoms with Crippen molar-refractivity contribution in [2.24, 2.45) is 0 Å². The quantitative estimate of drug-likeness (QED) is 0.841. The van der Waals surface area contributed by atoms with E-state index in [1.165, 1.54) is 10.5 Å². The van der Waals surface area contributed by atoms with Gasteiger partial charge in [0.05, 0.1) is 12.7 Å². The second-order valence-electron chi connectivity index (χ2n) is 5.95. The highest BCUT2D eigenvalue weighted by molar-refractivity contribution is 7.89. The molecule has 2 aromatic rings. The smallest absolute Gasteiger partial charge is 0.246 e. The van der Waals surface area contributed by atoms with Crippen LogP contribution in [-0.4, -0.2) is 41.7 Å². The van der Waals surface area contributed by atoms with Gasteiger partial charge in [0.1, 0.15) is 16.7 Å². The van der Waals surface area contributed by atoms with Gasteiger partial charge in [0.2, 0.25) is 10.0 Å². The SMILES string of the molecule is CC(C)n1cc(S(=O)(=O)N2CCC(Oc3ccccc3)C2)cn1. The molecule has 0 N–H and O–H groups in total. The lowest BCUT2D eigenvalue weighted by atomic mass is 10.3. The van der Waals surface area contributed by atoms with Gasteiger partial charge >= 0.3 is 0 Å². The lowest BCUT2D eigenvalue weighted by Crippen LogP contribution is -2.30. The van der Waals surface area contributed by atoms with E-state index in [-0.39, 0.29) is 17.0 Å². The van der Waals surface area contributed by atoms with E-state index >= 15 is 0 Å². The Balaban J connectivity index is 1.69. The van der Waals surface area contributed by atoms with Gasteiger partial charge in [-0.05, 0) is 32.4 Å². The molecule has 1 unspecified atom stereocenters. The molecule has 1 saturated heterocycles. The standard InChI is InChI=1S/C16H21N3O3S/c1-13(2)19-12-16(10-17-19)23(20,21)18-9-8-15(11-18)22-14-6-4-3-5-7-14/h3-7,10,12-13,15H,8-9,11H2,1-2H3. The van der Waals surface area contributed by atoms with Crippen molar-refractivity contribution in [1.29, 1.82) is 0 Å². The predicted molar refractivity (Wildman–Crippen MR) is 86.8 cm³/mol. The zero-order chi connectivity index (χ0) is 16.4. The summed E-state index contributed by atoms with van der Waals surface area (Å²) in [5, 5.41) is 4.12. The molecule has 1 aliphatic heterocycles. The van der Waals surface area contributed by atoms with Gasteiger partial charge in [-0.25, -0.2) is 8.42 Å². The first-order valence-corrected chi connectivity index (χ1v) is 9.17. The number of ether oxygens (including phenoxy) is 1. The summed E-state index contributed by atoms with van der Waals surface area (Å²) in [5.41, 5.74) is 0.